The monoisotopic (exact) mass is 526 g/mol. The number of rotatable bonds is 9. The number of carbonyl (C=O) groups excluding carboxylic acids is 2. The van der Waals surface area contributed by atoms with Crippen LogP contribution in [0.25, 0.3) is 16.6 Å². The fraction of sp³-hybridized carbons (Fsp3) is 0.333. The normalized spacial score (nSPS) is 15.1. The second-order valence-corrected chi connectivity index (χ2v) is 9.79. The first kappa shape index (κ1) is 26.4. The molecule has 9 nitrogen and oxygen atoms in total. The summed E-state index contributed by atoms with van der Waals surface area (Å²) in [6, 6.07) is 19.7. The number of para-hydroxylation sites is 1. The van der Waals surface area contributed by atoms with Crippen molar-refractivity contribution >= 4 is 28.3 Å². The second-order valence-electron chi connectivity index (χ2n) is 9.79. The number of hydrogen-bond donors (Lipinski definition) is 1. The highest BCUT2D eigenvalue weighted by atomic mass is 16.5. The van der Waals surface area contributed by atoms with Crippen molar-refractivity contribution < 1.29 is 14.3 Å². The third-order valence-corrected chi connectivity index (χ3v) is 7.10. The van der Waals surface area contributed by atoms with Gasteiger partial charge in [-0.2, -0.15) is 5.10 Å². The summed E-state index contributed by atoms with van der Waals surface area (Å²) in [6.07, 6.45) is 4.87. The first-order chi connectivity index (χ1) is 19.0. The van der Waals surface area contributed by atoms with Gasteiger partial charge in [0.05, 0.1) is 36.6 Å². The van der Waals surface area contributed by atoms with E-state index in [2.05, 4.69) is 26.2 Å². The molecule has 39 heavy (non-hydrogen) atoms. The van der Waals surface area contributed by atoms with E-state index in [1.807, 2.05) is 71.7 Å². The third-order valence-electron chi connectivity index (χ3n) is 7.10. The fourth-order valence-electron chi connectivity index (χ4n) is 5.19. The standard InChI is InChI=1S/C30H34N6O3/c1-22(37)21-32-28(38)20-26(25-13-17-36(33-25)24-9-4-3-5-10-24)34-15-7-16-35(19-18-34)30-27(39-2)12-11-23-8-6-14-31-29(23)30/h3-6,8-14,17,26H,7,15-16,18-21H2,1-2H3,(H,32,38). The summed E-state index contributed by atoms with van der Waals surface area (Å²) >= 11 is 0. The second kappa shape index (κ2) is 12.1. The molecule has 1 saturated heterocycles. The third kappa shape index (κ3) is 6.09. The molecule has 1 fully saturated rings. The van der Waals surface area contributed by atoms with Crippen molar-refractivity contribution in [3.8, 4) is 11.4 Å². The summed E-state index contributed by atoms with van der Waals surface area (Å²) in [6.45, 7) is 4.63. The summed E-state index contributed by atoms with van der Waals surface area (Å²) in [4.78, 5) is 33.7. The van der Waals surface area contributed by atoms with E-state index in [-0.39, 0.29) is 30.7 Å². The Morgan fingerprint density at radius 3 is 2.64 bits per heavy atom. The van der Waals surface area contributed by atoms with E-state index in [9.17, 15) is 9.59 Å². The maximum atomic E-state index is 12.9. The van der Waals surface area contributed by atoms with Crippen molar-refractivity contribution in [3.05, 3.63) is 78.8 Å². The molecule has 1 unspecified atom stereocenters. The van der Waals surface area contributed by atoms with Gasteiger partial charge in [0.1, 0.15) is 17.2 Å². The summed E-state index contributed by atoms with van der Waals surface area (Å²) in [5, 5.41) is 8.70. The molecule has 1 aliphatic rings. The fourth-order valence-corrected chi connectivity index (χ4v) is 5.19. The molecule has 202 valence electrons. The molecule has 1 aliphatic heterocycles. The molecular weight excluding hydrogens is 492 g/mol. The molecule has 5 rings (SSSR count). The van der Waals surface area contributed by atoms with Gasteiger partial charge in [-0.15, -0.1) is 0 Å². The Balaban J connectivity index is 1.41. The van der Waals surface area contributed by atoms with E-state index >= 15 is 0 Å². The number of anilines is 1. The number of methoxy groups -OCH3 is 1. The predicted octanol–water partition coefficient (Wildman–Crippen LogP) is 3.78. The van der Waals surface area contributed by atoms with Crippen LogP contribution in [0.3, 0.4) is 0 Å². The molecule has 1 atom stereocenters. The summed E-state index contributed by atoms with van der Waals surface area (Å²) in [5.41, 5.74) is 3.71. The summed E-state index contributed by atoms with van der Waals surface area (Å²) in [5.74, 6) is 0.568. The molecule has 1 amide bonds. The average Bonchev–Trinajstić information content (AvgIpc) is 3.33. The van der Waals surface area contributed by atoms with Crippen molar-refractivity contribution in [2.45, 2.75) is 25.8 Å². The number of amides is 1. The van der Waals surface area contributed by atoms with Gasteiger partial charge in [-0.05, 0) is 49.7 Å². The number of fused-ring (bicyclic) bond motifs is 1. The lowest BCUT2D eigenvalue weighted by atomic mass is 10.1. The van der Waals surface area contributed by atoms with Crippen LogP contribution in [0.2, 0.25) is 0 Å². The Bertz CT molecular complexity index is 1440. The number of nitrogens with one attached hydrogen (secondary N) is 1. The number of hydrogen-bond acceptors (Lipinski definition) is 7. The number of pyridine rings is 1. The van der Waals surface area contributed by atoms with Crippen LogP contribution in [0.5, 0.6) is 5.75 Å². The van der Waals surface area contributed by atoms with Crippen molar-refractivity contribution in [3.63, 3.8) is 0 Å². The van der Waals surface area contributed by atoms with Gasteiger partial charge in [-0.25, -0.2) is 4.68 Å². The van der Waals surface area contributed by atoms with Gasteiger partial charge in [0.15, 0.2) is 0 Å². The average molecular weight is 527 g/mol. The maximum Gasteiger partial charge on any atom is 0.222 e. The first-order valence-electron chi connectivity index (χ1n) is 13.3. The lowest BCUT2D eigenvalue weighted by Gasteiger charge is -2.30. The molecule has 1 N–H and O–H groups in total. The quantitative estimate of drug-likeness (QED) is 0.355. The smallest absolute Gasteiger partial charge is 0.222 e. The maximum absolute atomic E-state index is 12.9. The highest BCUT2D eigenvalue weighted by molar-refractivity contribution is 5.94. The molecule has 2 aromatic carbocycles. The van der Waals surface area contributed by atoms with Crippen LogP contribution >= 0.6 is 0 Å². The molecule has 0 spiro atoms. The molecule has 4 aromatic rings. The largest absolute Gasteiger partial charge is 0.494 e. The number of ketones is 1. The van der Waals surface area contributed by atoms with E-state index in [1.54, 1.807) is 7.11 Å². The van der Waals surface area contributed by atoms with Crippen LogP contribution in [-0.4, -0.2) is 71.2 Å². The lowest BCUT2D eigenvalue weighted by molar-refractivity contribution is -0.125. The van der Waals surface area contributed by atoms with Crippen molar-refractivity contribution in [1.82, 2.24) is 25.0 Å². The van der Waals surface area contributed by atoms with Crippen LogP contribution < -0.4 is 15.0 Å². The molecule has 0 radical (unpaired) electrons. The van der Waals surface area contributed by atoms with Gasteiger partial charge in [-0.1, -0.05) is 24.3 Å². The van der Waals surface area contributed by atoms with Gasteiger partial charge in [0.2, 0.25) is 5.91 Å². The first-order valence-corrected chi connectivity index (χ1v) is 13.3. The minimum Gasteiger partial charge on any atom is -0.494 e. The molecule has 0 aliphatic carbocycles. The van der Waals surface area contributed by atoms with Crippen molar-refractivity contribution in [2.24, 2.45) is 0 Å². The van der Waals surface area contributed by atoms with E-state index in [0.29, 0.717) is 0 Å². The zero-order valence-electron chi connectivity index (χ0n) is 22.4. The molecular formula is C30H34N6O3. The predicted molar refractivity (Wildman–Crippen MR) is 151 cm³/mol. The highest BCUT2D eigenvalue weighted by Gasteiger charge is 2.29. The van der Waals surface area contributed by atoms with E-state index in [4.69, 9.17) is 9.84 Å². The minimum atomic E-state index is -0.227. The van der Waals surface area contributed by atoms with Crippen LogP contribution in [0.1, 0.15) is 31.5 Å². The van der Waals surface area contributed by atoms with Gasteiger partial charge in [0, 0.05) is 50.4 Å². The molecule has 0 bridgehead atoms. The van der Waals surface area contributed by atoms with Crippen molar-refractivity contribution in [1.29, 1.82) is 0 Å². The van der Waals surface area contributed by atoms with E-state index in [0.717, 1.165) is 66.3 Å². The number of ether oxygens (including phenoxy) is 1. The van der Waals surface area contributed by atoms with Gasteiger partial charge < -0.3 is 15.0 Å². The summed E-state index contributed by atoms with van der Waals surface area (Å²) in [7, 11) is 1.69. The number of benzene rings is 2. The SMILES string of the molecule is COc1ccc2cccnc2c1N1CCCN(C(CC(=O)NCC(C)=O)c2ccn(-c3ccccc3)n2)CC1. The Kier molecular flexibility index (Phi) is 8.17. The Hall–Kier alpha value is -4.24. The number of aromatic nitrogens is 3. The molecule has 2 aromatic heterocycles. The zero-order chi connectivity index (χ0) is 27.2. The summed E-state index contributed by atoms with van der Waals surface area (Å²) < 4.78 is 7.59. The number of carbonyl (C=O) groups is 2. The topological polar surface area (TPSA) is 92.6 Å². The Morgan fingerprint density at radius 2 is 1.85 bits per heavy atom. The lowest BCUT2D eigenvalue weighted by Crippen LogP contribution is -2.38. The van der Waals surface area contributed by atoms with Crippen LogP contribution in [0, 0.1) is 0 Å². The van der Waals surface area contributed by atoms with Gasteiger partial charge in [-0.3, -0.25) is 19.5 Å². The van der Waals surface area contributed by atoms with Crippen LogP contribution in [0.15, 0.2) is 73.1 Å². The van der Waals surface area contributed by atoms with Crippen LogP contribution in [-0.2, 0) is 9.59 Å². The van der Waals surface area contributed by atoms with Crippen molar-refractivity contribution in [2.75, 3.05) is 44.7 Å². The van der Waals surface area contributed by atoms with E-state index < -0.39 is 0 Å². The highest BCUT2D eigenvalue weighted by Crippen LogP contribution is 2.36. The molecule has 9 heteroatoms. The molecule has 0 saturated carbocycles. The number of nitrogens with zero attached hydrogens (tertiary/aromatic N) is 5. The van der Waals surface area contributed by atoms with Gasteiger partial charge >= 0.3 is 0 Å². The Morgan fingerprint density at radius 1 is 1.00 bits per heavy atom. The minimum absolute atomic E-state index is 0.0334. The van der Waals surface area contributed by atoms with Gasteiger partial charge in [0.25, 0.3) is 0 Å². The molecule has 3 heterocycles. The number of Topliss-reactive ketones (excluding diaryl/α,β-unsaturated/α-hetero) is 1. The van der Waals surface area contributed by atoms with E-state index in [1.165, 1.54) is 6.92 Å². The zero-order valence-corrected chi connectivity index (χ0v) is 22.4. The Labute approximate surface area is 228 Å². The van der Waals surface area contributed by atoms with Crippen LogP contribution in [0.4, 0.5) is 5.69 Å².